The Labute approximate surface area is 138 Å². The standard InChI is InChI=1S/C13H18O5.C4H10O/c1-3-9-6-10(17-2)4-5-11(9)12(7-14)13(16)18-8-15;1-3-5-4-2/h4-6,8,12-14,16H,3,7H2,1-2H3;3-4H2,1-2H3. The van der Waals surface area contributed by atoms with Gasteiger partial charge in [0, 0.05) is 13.2 Å². The number of carbonyl (C=O) groups is 1. The Kier molecular flexibility index (Phi) is 12.0. The van der Waals surface area contributed by atoms with Crippen LogP contribution >= 0.6 is 0 Å². The summed E-state index contributed by atoms with van der Waals surface area (Å²) in [5.74, 6) is 0.0501. The maximum atomic E-state index is 10.2. The van der Waals surface area contributed by atoms with Crippen LogP contribution in [0.4, 0.5) is 0 Å². The van der Waals surface area contributed by atoms with Crippen LogP contribution < -0.4 is 4.74 Å². The first-order valence-electron chi connectivity index (χ1n) is 7.71. The van der Waals surface area contributed by atoms with Gasteiger partial charge in [-0.1, -0.05) is 13.0 Å². The molecule has 2 unspecified atom stereocenters. The van der Waals surface area contributed by atoms with E-state index in [0.717, 1.165) is 30.8 Å². The fourth-order valence-corrected chi connectivity index (χ4v) is 2.08. The van der Waals surface area contributed by atoms with Gasteiger partial charge >= 0.3 is 0 Å². The molecule has 0 aliphatic heterocycles. The summed E-state index contributed by atoms with van der Waals surface area (Å²) in [7, 11) is 1.57. The van der Waals surface area contributed by atoms with Crippen LogP contribution in [0.5, 0.6) is 5.75 Å². The molecule has 1 aromatic rings. The zero-order valence-electron chi connectivity index (χ0n) is 14.3. The molecule has 2 N–H and O–H groups in total. The topological polar surface area (TPSA) is 85.2 Å². The molecule has 0 fully saturated rings. The van der Waals surface area contributed by atoms with Crippen LogP contribution in [0.2, 0.25) is 0 Å². The van der Waals surface area contributed by atoms with Crippen LogP contribution in [0.1, 0.15) is 37.8 Å². The average Bonchev–Trinajstić information content (AvgIpc) is 2.57. The number of carbonyl (C=O) groups excluding carboxylic acids is 1. The van der Waals surface area contributed by atoms with E-state index in [1.807, 2.05) is 26.8 Å². The normalized spacial score (nSPS) is 12.6. The quantitative estimate of drug-likeness (QED) is 0.532. The minimum absolute atomic E-state index is 0.169. The first-order valence-corrected chi connectivity index (χ1v) is 7.71. The molecule has 0 aliphatic carbocycles. The van der Waals surface area contributed by atoms with Crippen LogP contribution in [0.3, 0.4) is 0 Å². The molecule has 2 atom stereocenters. The van der Waals surface area contributed by atoms with Gasteiger partial charge in [0.1, 0.15) is 5.75 Å². The van der Waals surface area contributed by atoms with E-state index in [0.29, 0.717) is 5.75 Å². The van der Waals surface area contributed by atoms with Gasteiger partial charge in [-0.3, -0.25) is 4.79 Å². The number of hydrogen-bond donors (Lipinski definition) is 2. The van der Waals surface area contributed by atoms with Gasteiger partial charge in [0.05, 0.1) is 19.6 Å². The summed E-state index contributed by atoms with van der Waals surface area (Å²) in [5.41, 5.74) is 1.68. The van der Waals surface area contributed by atoms with Gasteiger partial charge in [-0.05, 0) is 43.5 Å². The Bertz CT molecular complexity index is 433. The molecule has 0 spiro atoms. The van der Waals surface area contributed by atoms with Crippen molar-refractivity contribution in [1.82, 2.24) is 0 Å². The second kappa shape index (κ2) is 12.9. The Morgan fingerprint density at radius 2 is 1.87 bits per heavy atom. The number of aryl methyl sites for hydroxylation is 1. The minimum atomic E-state index is -1.36. The monoisotopic (exact) mass is 328 g/mol. The van der Waals surface area contributed by atoms with E-state index in [2.05, 4.69) is 4.74 Å². The largest absolute Gasteiger partial charge is 0.497 e. The molecule has 0 aliphatic rings. The lowest BCUT2D eigenvalue weighted by atomic mass is 9.92. The van der Waals surface area contributed by atoms with Crippen molar-refractivity contribution in [3.63, 3.8) is 0 Å². The molecule has 1 aromatic carbocycles. The summed E-state index contributed by atoms with van der Waals surface area (Å²) < 4.78 is 14.4. The number of ether oxygens (including phenoxy) is 3. The SMILES string of the molecule is CCOCC.CCc1cc(OC)ccc1C(CO)C(O)OC=O. The predicted octanol–water partition coefficient (Wildman–Crippen LogP) is 1.87. The number of benzene rings is 1. The van der Waals surface area contributed by atoms with Gasteiger partial charge in [0.15, 0.2) is 0 Å². The van der Waals surface area contributed by atoms with E-state index >= 15 is 0 Å². The highest BCUT2D eigenvalue weighted by molar-refractivity contribution is 5.40. The van der Waals surface area contributed by atoms with Crippen LogP contribution in [0.25, 0.3) is 0 Å². The first-order chi connectivity index (χ1) is 11.1. The van der Waals surface area contributed by atoms with E-state index in [-0.39, 0.29) is 13.1 Å². The Morgan fingerprint density at radius 3 is 2.26 bits per heavy atom. The molecule has 0 amide bonds. The number of rotatable bonds is 9. The van der Waals surface area contributed by atoms with E-state index in [1.165, 1.54) is 0 Å². The van der Waals surface area contributed by atoms with Crippen molar-refractivity contribution in [3.8, 4) is 5.75 Å². The van der Waals surface area contributed by atoms with Gasteiger partial charge in [-0.25, -0.2) is 0 Å². The summed E-state index contributed by atoms with van der Waals surface area (Å²) in [6, 6.07) is 5.34. The van der Waals surface area contributed by atoms with Crippen LogP contribution in [0, 0.1) is 0 Å². The van der Waals surface area contributed by atoms with Gasteiger partial charge < -0.3 is 24.4 Å². The second-order valence-corrected chi connectivity index (χ2v) is 4.61. The third kappa shape index (κ3) is 7.45. The van der Waals surface area contributed by atoms with Gasteiger partial charge in [0.25, 0.3) is 6.47 Å². The third-order valence-corrected chi connectivity index (χ3v) is 3.27. The van der Waals surface area contributed by atoms with Crippen molar-refractivity contribution in [2.45, 2.75) is 39.4 Å². The van der Waals surface area contributed by atoms with Gasteiger partial charge in [-0.15, -0.1) is 0 Å². The Hall–Kier alpha value is -1.63. The molecule has 6 nitrogen and oxygen atoms in total. The highest BCUT2D eigenvalue weighted by atomic mass is 16.6. The van der Waals surface area contributed by atoms with E-state index in [9.17, 15) is 15.0 Å². The van der Waals surface area contributed by atoms with Crippen LogP contribution in [-0.4, -0.2) is 49.9 Å². The number of aliphatic hydroxyl groups is 2. The summed E-state index contributed by atoms with van der Waals surface area (Å²) in [5, 5.41) is 19.0. The maximum Gasteiger partial charge on any atom is 0.295 e. The second-order valence-electron chi connectivity index (χ2n) is 4.61. The molecule has 132 valence electrons. The van der Waals surface area contributed by atoms with E-state index in [1.54, 1.807) is 19.2 Å². The number of methoxy groups -OCH3 is 1. The summed E-state index contributed by atoms with van der Waals surface area (Å²) in [6.07, 6.45) is -0.636. The molecule has 23 heavy (non-hydrogen) atoms. The smallest absolute Gasteiger partial charge is 0.295 e. The number of hydrogen-bond acceptors (Lipinski definition) is 6. The molecule has 0 saturated heterocycles. The molecule has 0 bridgehead atoms. The van der Waals surface area contributed by atoms with Crippen molar-refractivity contribution in [2.75, 3.05) is 26.9 Å². The third-order valence-electron chi connectivity index (χ3n) is 3.27. The number of aliphatic hydroxyl groups excluding tert-OH is 2. The summed E-state index contributed by atoms with van der Waals surface area (Å²) in [4.78, 5) is 10.2. The molecule has 1 rings (SSSR count). The molecular weight excluding hydrogens is 300 g/mol. The highest BCUT2D eigenvalue weighted by Crippen LogP contribution is 2.27. The fraction of sp³-hybridized carbons (Fsp3) is 0.588. The first kappa shape index (κ1) is 21.4. The highest BCUT2D eigenvalue weighted by Gasteiger charge is 2.24. The minimum Gasteiger partial charge on any atom is -0.497 e. The molecule has 0 saturated carbocycles. The zero-order valence-corrected chi connectivity index (χ0v) is 14.3. The lowest BCUT2D eigenvalue weighted by Gasteiger charge is -2.22. The van der Waals surface area contributed by atoms with Crippen molar-refractivity contribution in [1.29, 1.82) is 0 Å². The van der Waals surface area contributed by atoms with Crippen LogP contribution in [-0.2, 0) is 20.7 Å². The predicted molar refractivity (Wildman–Crippen MR) is 87.5 cm³/mol. The van der Waals surface area contributed by atoms with Crippen LogP contribution in [0.15, 0.2) is 18.2 Å². The molecule has 0 aromatic heterocycles. The summed E-state index contributed by atoms with van der Waals surface area (Å²) >= 11 is 0. The Morgan fingerprint density at radius 1 is 1.22 bits per heavy atom. The maximum absolute atomic E-state index is 10.2. The fourth-order valence-electron chi connectivity index (χ4n) is 2.08. The Balaban J connectivity index is 0.000000841. The average molecular weight is 328 g/mol. The van der Waals surface area contributed by atoms with Crippen molar-refractivity contribution >= 4 is 6.47 Å². The zero-order chi connectivity index (χ0) is 17.7. The van der Waals surface area contributed by atoms with Crippen molar-refractivity contribution in [3.05, 3.63) is 29.3 Å². The van der Waals surface area contributed by atoms with E-state index < -0.39 is 12.2 Å². The summed E-state index contributed by atoms with van der Waals surface area (Å²) in [6.45, 7) is 7.48. The van der Waals surface area contributed by atoms with E-state index in [4.69, 9.17) is 9.47 Å². The van der Waals surface area contributed by atoms with Gasteiger partial charge in [-0.2, -0.15) is 0 Å². The molecular formula is C17H28O6. The van der Waals surface area contributed by atoms with Crippen molar-refractivity contribution in [2.24, 2.45) is 0 Å². The van der Waals surface area contributed by atoms with Crippen molar-refractivity contribution < 1.29 is 29.2 Å². The van der Waals surface area contributed by atoms with Gasteiger partial charge in [0.2, 0.25) is 6.29 Å². The molecule has 0 heterocycles. The lowest BCUT2D eigenvalue weighted by Crippen LogP contribution is -2.25. The molecule has 0 radical (unpaired) electrons. The lowest BCUT2D eigenvalue weighted by molar-refractivity contribution is -0.157. The molecule has 6 heteroatoms.